The molecule has 0 aromatic rings. The van der Waals surface area contributed by atoms with E-state index < -0.39 is 6.10 Å². The molecule has 0 aliphatic carbocycles. The number of hydrogen-bond acceptors (Lipinski definition) is 6. The second kappa shape index (κ2) is 63.6. The summed E-state index contributed by atoms with van der Waals surface area (Å²) in [5, 5.41) is 0. The Morgan fingerprint density at radius 2 is 0.520 bits per heavy atom. The predicted octanol–water partition coefficient (Wildman–Crippen LogP) is 22.3. The Morgan fingerprint density at radius 1 is 0.280 bits per heavy atom. The van der Waals surface area contributed by atoms with Crippen molar-refractivity contribution in [2.75, 3.05) is 13.2 Å². The van der Waals surface area contributed by atoms with Crippen LogP contribution in [0.1, 0.15) is 342 Å². The average molecular weight is 1050 g/mol. The number of carbonyl (C=O) groups excluding carboxylic acids is 3. The topological polar surface area (TPSA) is 78.9 Å². The lowest BCUT2D eigenvalue weighted by molar-refractivity contribution is -0.167. The fourth-order valence-electron chi connectivity index (χ4n) is 9.65. The first-order chi connectivity index (χ1) is 37.0. The summed E-state index contributed by atoms with van der Waals surface area (Å²) in [6.45, 7) is 6.56. The van der Waals surface area contributed by atoms with Crippen LogP contribution in [0.3, 0.4) is 0 Å². The highest BCUT2D eigenvalue weighted by molar-refractivity contribution is 5.71. The molecule has 0 aromatic heterocycles. The highest BCUT2D eigenvalue weighted by Gasteiger charge is 2.19. The standard InChI is InChI=1S/C69H124O6/c1-4-7-10-13-16-19-22-25-28-31-33-34-35-37-38-41-44-47-50-53-56-59-62-68(71)74-65-66(64-73-67(70)61-58-55-52-49-46-43-40-30-27-24-21-18-15-12-9-6-3)75-69(72)63-60-57-54-51-48-45-42-39-36-32-29-26-23-20-17-14-11-8-5-2/h8,11,17,20,26,29,36,39,45,48,66H,4-7,9-10,12-16,18-19,21-25,27-28,30-35,37-38,40-44,46-47,49-65H2,1-3H3/b11-8-,20-17-,29-26-,39-36-,48-45-. The molecular weight excluding hydrogens is 925 g/mol. The monoisotopic (exact) mass is 1050 g/mol. The molecular formula is C69H124O6. The van der Waals surface area contributed by atoms with Gasteiger partial charge in [-0.25, -0.2) is 0 Å². The van der Waals surface area contributed by atoms with E-state index in [9.17, 15) is 14.4 Å². The summed E-state index contributed by atoms with van der Waals surface area (Å²) in [5.41, 5.74) is 0. The molecule has 0 aliphatic heterocycles. The molecule has 75 heavy (non-hydrogen) atoms. The van der Waals surface area contributed by atoms with E-state index in [0.29, 0.717) is 19.3 Å². The number of hydrogen-bond donors (Lipinski definition) is 0. The average Bonchev–Trinajstić information content (AvgIpc) is 3.41. The quantitative estimate of drug-likeness (QED) is 0.0261. The van der Waals surface area contributed by atoms with Gasteiger partial charge >= 0.3 is 17.9 Å². The molecule has 0 fully saturated rings. The molecule has 0 aromatic carbocycles. The van der Waals surface area contributed by atoms with Crippen LogP contribution in [0.4, 0.5) is 0 Å². The fraction of sp³-hybridized carbons (Fsp3) is 0.812. The van der Waals surface area contributed by atoms with Gasteiger partial charge < -0.3 is 14.2 Å². The molecule has 6 nitrogen and oxygen atoms in total. The normalized spacial score (nSPS) is 12.4. The summed E-state index contributed by atoms with van der Waals surface area (Å²) in [5.74, 6) is -0.893. The maximum absolute atomic E-state index is 12.9. The van der Waals surface area contributed by atoms with Gasteiger partial charge in [-0.2, -0.15) is 0 Å². The number of esters is 3. The Labute approximate surface area is 466 Å². The van der Waals surface area contributed by atoms with Crippen molar-refractivity contribution in [3.8, 4) is 0 Å². The maximum atomic E-state index is 12.9. The van der Waals surface area contributed by atoms with Crippen LogP contribution in [-0.4, -0.2) is 37.2 Å². The second-order valence-corrected chi connectivity index (χ2v) is 22.0. The number of rotatable bonds is 60. The van der Waals surface area contributed by atoms with Crippen LogP contribution < -0.4 is 0 Å². The van der Waals surface area contributed by atoms with Crippen LogP contribution in [0.25, 0.3) is 0 Å². The summed E-state index contributed by atoms with van der Waals surface area (Å²) in [7, 11) is 0. The maximum Gasteiger partial charge on any atom is 0.306 e. The van der Waals surface area contributed by atoms with Gasteiger partial charge in [0.15, 0.2) is 6.10 Å². The predicted molar refractivity (Wildman–Crippen MR) is 325 cm³/mol. The lowest BCUT2D eigenvalue weighted by Crippen LogP contribution is -2.30. The van der Waals surface area contributed by atoms with E-state index in [1.54, 1.807) is 0 Å². The van der Waals surface area contributed by atoms with Gasteiger partial charge in [0.2, 0.25) is 0 Å². The number of ether oxygens (including phenoxy) is 3. The van der Waals surface area contributed by atoms with Crippen LogP contribution in [0.5, 0.6) is 0 Å². The SMILES string of the molecule is CC/C=C\C/C=C\C/C=C\C/C=C\C/C=C\CCCCCC(=O)OC(COC(=O)CCCCCCCCCCCCCCCCCC)COC(=O)CCCCCCCCCCCCCCCCCCCCCCCC. The van der Waals surface area contributed by atoms with Crippen LogP contribution in [0.2, 0.25) is 0 Å². The molecule has 0 radical (unpaired) electrons. The molecule has 436 valence electrons. The van der Waals surface area contributed by atoms with Gasteiger partial charge in [-0.15, -0.1) is 0 Å². The smallest absolute Gasteiger partial charge is 0.306 e. The summed E-state index contributed by atoms with van der Waals surface area (Å²) in [6.07, 6.45) is 80.9. The highest BCUT2D eigenvalue weighted by Crippen LogP contribution is 2.18. The van der Waals surface area contributed by atoms with E-state index in [-0.39, 0.29) is 31.1 Å². The Kier molecular flexibility index (Phi) is 61.2. The second-order valence-electron chi connectivity index (χ2n) is 22.0. The van der Waals surface area contributed by atoms with Crippen LogP contribution in [-0.2, 0) is 28.6 Å². The van der Waals surface area contributed by atoms with E-state index in [1.165, 1.54) is 205 Å². The first kappa shape index (κ1) is 72.1. The molecule has 1 unspecified atom stereocenters. The zero-order chi connectivity index (χ0) is 54.3. The molecule has 0 saturated carbocycles. The van der Waals surface area contributed by atoms with Crippen molar-refractivity contribution in [2.45, 2.75) is 348 Å². The summed E-state index contributed by atoms with van der Waals surface area (Å²) in [4.78, 5) is 38.3. The van der Waals surface area contributed by atoms with Gasteiger partial charge in [0.05, 0.1) is 0 Å². The van der Waals surface area contributed by atoms with Crippen molar-refractivity contribution < 1.29 is 28.6 Å². The molecule has 0 N–H and O–H groups in total. The van der Waals surface area contributed by atoms with E-state index in [0.717, 1.165) is 96.3 Å². The zero-order valence-corrected chi connectivity index (χ0v) is 50.1. The van der Waals surface area contributed by atoms with Gasteiger partial charge in [0.1, 0.15) is 13.2 Å². The fourth-order valence-corrected chi connectivity index (χ4v) is 9.65. The Bertz CT molecular complexity index is 1340. The summed E-state index contributed by atoms with van der Waals surface area (Å²) < 4.78 is 16.9. The number of unbranched alkanes of at least 4 members (excludes halogenated alkanes) is 39. The molecule has 0 bridgehead atoms. The lowest BCUT2D eigenvalue weighted by Gasteiger charge is -2.18. The minimum absolute atomic E-state index is 0.0831. The van der Waals surface area contributed by atoms with Gasteiger partial charge in [-0.3, -0.25) is 14.4 Å². The number of carbonyl (C=O) groups is 3. The minimum Gasteiger partial charge on any atom is -0.462 e. The van der Waals surface area contributed by atoms with Crippen LogP contribution in [0.15, 0.2) is 60.8 Å². The first-order valence-electron chi connectivity index (χ1n) is 32.8. The number of allylic oxidation sites excluding steroid dienone is 10. The van der Waals surface area contributed by atoms with E-state index in [2.05, 4.69) is 81.5 Å². The Hall–Kier alpha value is -2.89. The third-order valence-corrected chi connectivity index (χ3v) is 14.5. The molecule has 0 rings (SSSR count). The van der Waals surface area contributed by atoms with Crippen molar-refractivity contribution >= 4 is 17.9 Å². The van der Waals surface area contributed by atoms with E-state index >= 15 is 0 Å². The Balaban J connectivity index is 4.36. The third kappa shape index (κ3) is 61.8. The third-order valence-electron chi connectivity index (χ3n) is 14.5. The van der Waals surface area contributed by atoms with Crippen molar-refractivity contribution in [3.63, 3.8) is 0 Å². The summed E-state index contributed by atoms with van der Waals surface area (Å²) >= 11 is 0. The van der Waals surface area contributed by atoms with Gasteiger partial charge in [-0.1, -0.05) is 319 Å². The molecule has 6 heteroatoms. The minimum atomic E-state index is -0.790. The molecule has 0 aliphatic rings. The molecule has 0 spiro atoms. The van der Waals surface area contributed by atoms with Gasteiger partial charge in [0.25, 0.3) is 0 Å². The molecule has 0 heterocycles. The lowest BCUT2D eigenvalue weighted by atomic mass is 10.0. The highest BCUT2D eigenvalue weighted by atomic mass is 16.6. The van der Waals surface area contributed by atoms with Gasteiger partial charge in [0, 0.05) is 19.3 Å². The first-order valence-corrected chi connectivity index (χ1v) is 32.8. The van der Waals surface area contributed by atoms with Crippen molar-refractivity contribution in [1.82, 2.24) is 0 Å². The van der Waals surface area contributed by atoms with Crippen molar-refractivity contribution in [1.29, 1.82) is 0 Å². The largest absolute Gasteiger partial charge is 0.462 e. The van der Waals surface area contributed by atoms with E-state index in [4.69, 9.17) is 14.2 Å². The molecule has 0 amide bonds. The molecule has 1 atom stereocenters. The van der Waals surface area contributed by atoms with E-state index in [1.807, 2.05) is 0 Å². The van der Waals surface area contributed by atoms with Crippen molar-refractivity contribution in [2.24, 2.45) is 0 Å². The Morgan fingerprint density at radius 3 is 0.813 bits per heavy atom. The van der Waals surface area contributed by atoms with Crippen LogP contribution >= 0.6 is 0 Å². The van der Waals surface area contributed by atoms with Crippen LogP contribution in [0, 0.1) is 0 Å². The molecule has 0 saturated heterocycles. The van der Waals surface area contributed by atoms with Crippen molar-refractivity contribution in [3.05, 3.63) is 60.8 Å². The zero-order valence-electron chi connectivity index (χ0n) is 50.1. The summed E-state index contributed by atoms with van der Waals surface area (Å²) in [6, 6.07) is 0. The van der Waals surface area contributed by atoms with Gasteiger partial charge in [-0.05, 0) is 64.2 Å².